The highest BCUT2D eigenvalue weighted by Gasteiger charge is 2.10. The Morgan fingerprint density at radius 3 is 1.69 bits per heavy atom. The lowest BCUT2D eigenvalue weighted by Crippen LogP contribution is -1.91. The number of rotatable bonds is 3. The van der Waals surface area contributed by atoms with E-state index in [9.17, 15) is 0 Å². The summed E-state index contributed by atoms with van der Waals surface area (Å²) < 4.78 is 0. The highest BCUT2D eigenvalue weighted by molar-refractivity contribution is 5.80. The topological polar surface area (TPSA) is 25.8 Å². The smallest absolute Gasteiger partial charge is 0.0702 e. The number of benzene rings is 2. The molecule has 0 fully saturated rings. The highest BCUT2D eigenvalue weighted by Crippen LogP contribution is 2.33. The van der Waals surface area contributed by atoms with E-state index < -0.39 is 0 Å². The molecular weight excluding hydrogens is 316 g/mol. The van der Waals surface area contributed by atoms with Gasteiger partial charge in [0.15, 0.2) is 0 Å². The SMILES string of the molecule is Cc1ccc(C)c(-c2cc(-c3ccccn3)cc(-c3ccccn3)c2)c1. The first-order chi connectivity index (χ1) is 12.7. The summed E-state index contributed by atoms with van der Waals surface area (Å²) in [5.74, 6) is 0. The molecule has 4 aromatic rings. The number of pyridine rings is 2. The number of aryl methyl sites for hydroxylation is 2. The Morgan fingerprint density at radius 1 is 0.577 bits per heavy atom. The second-order valence-corrected chi connectivity index (χ2v) is 6.55. The minimum Gasteiger partial charge on any atom is -0.256 e. The molecule has 0 aliphatic heterocycles. The van der Waals surface area contributed by atoms with E-state index >= 15 is 0 Å². The van der Waals surface area contributed by atoms with Crippen molar-refractivity contribution in [2.45, 2.75) is 13.8 Å². The lowest BCUT2D eigenvalue weighted by molar-refractivity contribution is 1.31. The maximum absolute atomic E-state index is 4.54. The van der Waals surface area contributed by atoms with Crippen molar-refractivity contribution in [3.63, 3.8) is 0 Å². The van der Waals surface area contributed by atoms with E-state index in [0.29, 0.717) is 0 Å². The molecule has 0 aliphatic rings. The molecule has 0 atom stereocenters. The largest absolute Gasteiger partial charge is 0.256 e. The van der Waals surface area contributed by atoms with Crippen LogP contribution in [0.1, 0.15) is 11.1 Å². The molecule has 4 rings (SSSR count). The molecule has 0 saturated carbocycles. The predicted molar refractivity (Wildman–Crippen MR) is 108 cm³/mol. The van der Waals surface area contributed by atoms with E-state index in [0.717, 1.165) is 22.5 Å². The van der Waals surface area contributed by atoms with Gasteiger partial charge in [-0.25, -0.2) is 0 Å². The number of aromatic nitrogens is 2. The average molecular weight is 336 g/mol. The molecule has 0 N–H and O–H groups in total. The van der Waals surface area contributed by atoms with Crippen molar-refractivity contribution >= 4 is 0 Å². The summed E-state index contributed by atoms with van der Waals surface area (Å²) in [6.07, 6.45) is 3.67. The molecule has 2 heterocycles. The number of nitrogens with zero attached hydrogens (tertiary/aromatic N) is 2. The first kappa shape index (κ1) is 16.2. The first-order valence-electron chi connectivity index (χ1n) is 8.76. The van der Waals surface area contributed by atoms with E-state index in [1.54, 1.807) is 0 Å². The maximum Gasteiger partial charge on any atom is 0.0702 e. The van der Waals surface area contributed by atoms with Crippen LogP contribution in [0.15, 0.2) is 85.2 Å². The third-order valence-electron chi connectivity index (χ3n) is 4.56. The van der Waals surface area contributed by atoms with Crippen LogP contribution in [0.4, 0.5) is 0 Å². The second kappa shape index (κ2) is 6.93. The van der Waals surface area contributed by atoms with Crippen LogP contribution in [0.25, 0.3) is 33.6 Å². The van der Waals surface area contributed by atoms with Crippen molar-refractivity contribution in [3.8, 4) is 33.6 Å². The van der Waals surface area contributed by atoms with Crippen LogP contribution in [0.3, 0.4) is 0 Å². The second-order valence-electron chi connectivity index (χ2n) is 6.55. The van der Waals surface area contributed by atoms with Gasteiger partial charge in [0.25, 0.3) is 0 Å². The molecular formula is C24H20N2. The quantitative estimate of drug-likeness (QED) is 0.452. The van der Waals surface area contributed by atoms with Gasteiger partial charge in [-0.15, -0.1) is 0 Å². The summed E-state index contributed by atoms with van der Waals surface area (Å²) in [6.45, 7) is 4.29. The third kappa shape index (κ3) is 3.27. The number of hydrogen-bond donors (Lipinski definition) is 0. The van der Waals surface area contributed by atoms with Crippen LogP contribution in [0.2, 0.25) is 0 Å². The van der Waals surface area contributed by atoms with Gasteiger partial charge < -0.3 is 0 Å². The molecule has 0 spiro atoms. The Balaban J connectivity index is 1.95. The molecule has 126 valence electrons. The van der Waals surface area contributed by atoms with E-state index in [1.165, 1.54) is 22.3 Å². The summed E-state index contributed by atoms with van der Waals surface area (Å²) in [5, 5.41) is 0. The Bertz CT molecular complexity index is 981. The van der Waals surface area contributed by atoms with Crippen LogP contribution in [-0.4, -0.2) is 9.97 Å². The normalized spacial score (nSPS) is 10.7. The van der Waals surface area contributed by atoms with Gasteiger partial charge in [0.2, 0.25) is 0 Å². The molecule has 2 nitrogen and oxygen atoms in total. The fourth-order valence-electron chi connectivity index (χ4n) is 3.19. The minimum atomic E-state index is 0.969. The monoisotopic (exact) mass is 336 g/mol. The molecule has 0 saturated heterocycles. The van der Waals surface area contributed by atoms with Crippen LogP contribution < -0.4 is 0 Å². The van der Waals surface area contributed by atoms with Crippen molar-refractivity contribution in [2.75, 3.05) is 0 Å². The highest BCUT2D eigenvalue weighted by atomic mass is 14.7. The zero-order valence-corrected chi connectivity index (χ0v) is 15.0. The minimum absolute atomic E-state index is 0.969. The Labute approximate surface area is 154 Å². The molecule has 0 bridgehead atoms. The van der Waals surface area contributed by atoms with E-state index in [-0.39, 0.29) is 0 Å². The Hall–Kier alpha value is -3.26. The van der Waals surface area contributed by atoms with Gasteiger partial charge in [-0.05, 0) is 73.0 Å². The Kier molecular flexibility index (Phi) is 4.32. The lowest BCUT2D eigenvalue weighted by Gasteiger charge is -2.12. The fourth-order valence-corrected chi connectivity index (χ4v) is 3.19. The fraction of sp³-hybridized carbons (Fsp3) is 0.0833. The summed E-state index contributed by atoms with van der Waals surface area (Å²) in [5.41, 5.74) is 9.10. The van der Waals surface area contributed by atoms with Crippen molar-refractivity contribution < 1.29 is 0 Å². The molecule has 0 unspecified atom stereocenters. The summed E-state index contributed by atoms with van der Waals surface area (Å²) in [4.78, 5) is 9.08. The van der Waals surface area contributed by atoms with Gasteiger partial charge in [0.05, 0.1) is 11.4 Å². The standard InChI is InChI=1S/C24H20N2/c1-17-9-10-18(2)22(13-17)19-14-20(23-7-3-5-11-25-23)16-21(15-19)24-8-4-6-12-26-24/h3-16H,1-2H3. The maximum atomic E-state index is 4.54. The van der Waals surface area contributed by atoms with Gasteiger partial charge in [-0.2, -0.15) is 0 Å². The van der Waals surface area contributed by atoms with Gasteiger partial charge in [-0.3, -0.25) is 9.97 Å². The zero-order chi connectivity index (χ0) is 17.9. The molecule has 2 aromatic carbocycles. The Morgan fingerprint density at radius 2 is 1.15 bits per heavy atom. The van der Waals surface area contributed by atoms with Crippen LogP contribution in [0, 0.1) is 13.8 Å². The van der Waals surface area contributed by atoms with Crippen molar-refractivity contribution in [1.82, 2.24) is 9.97 Å². The zero-order valence-electron chi connectivity index (χ0n) is 15.0. The molecule has 0 radical (unpaired) electrons. The van der Waals surface area contributed by atoms with E-state index in [4.69, 9.17) is 0 Å². The van der Waals surface area contributed by atoms with Gasteiger partial charge in [-0.1, -0.05) is 35.9 Å². The summed E-state index contributed by atoms with van der Waals surface area (Å²) in [7, 11) is 0. The molecule has 26 heavy (non-hydrogen) atoms. The lowest BCUT2D eigenvalue weighted by atomic mass is 9.93. The molecule has 0 aliphatic carbocycles. The van der Waals surface area contributed by atoms with E-state index in [2.05, 4.69) is 60.2 Å². The van der Waals surface area contributed by atoms with Gasteiger partial charge >= 0.3 is 0 Å². The van der Waals surface area contributed by atoms with Gasteiger partial charge in [0, 0.05) is 23.5 Å². The first-order valence-corrected chi connectivity index (χ1v) is 8.76. The van der Waals surface area contributed by atoms with Gasteiger partial charge in [0.1, 0.15) is 0 Å². The van der Waals surface area contributed by atoms with Crippen LogP contribution in [0.5, 0.6) is 0 Å². The van der Waals surface area contributed by atoms with Crippen LogP contribution in [-0.2, 0) is 0 Å². The third-order valence-corrected chi connectivity index (χ3v) is 4.56. The van der Waals surface area contributed by atoms with Crippen molar-refractivity contribution in [2.24, 2.45) is 0 Å². The van der Waals surface area contributed by atoms with Crippen LogP contribution >= 0.6 is 0 Å². The van der Waals surface area contributed by atoms with Crippen molar-refractivity contribution in [3.05, 3.63) is 96.3 Å². The summed E-state index contributed by atoms with van der Waals surface area (Å²) in [6, 6.07) is 25.2. The average Bonchev–Trinajstić information content (AvgIpc) is 2.71. The molecule has 2 aromatic heterocycles. The van der Waals surface area contributed by atoms with Crippen molar-refractivity contribution in [1.29, 1.82) is 0 Å². The number of hydrogen-bond acceptors (Lipinski definition) is 2. The predicted octanol–water partition coefficient (Wildman–Crippen LogP) is 6.09. The molecule has 0 amide bonds. The summed E-state index contributed by atoms with van der Waals surface area (Å²) >= 11 is 0. The molecule has 2 heteroatoms. The van der Waals surface area contributed by atoms with E-state index in [1.807, 2.05) is 48.8 Å².